The SMILES string of the molecule is CCC(C)(CN)CCOC(C)C. The monoisotopic (exact) mass is 173 g/mol. The molecule has 2 N–H and O–H groups in total. The molecule has 0 saturated heterocycles. The Morgan fingerprint density at radius 3 is 2.33 bits per heavy atom. The zero-order valence-electron chi connectivity index (χ0n) is 8.89. The van der Waals surface area contributed by atoms with Crippen LogP contribution < -0.4 is 5.73 Å². The average Bonchev–Trinajstić information content (AvgIpc) is 2.03. The fraction of sp³-hybridized carbons (Fsp3) is 1.00. The van der Waals surface area contributed by atoms with E-state index < -0.39 is 0 Å². The molecular formula is C10H23NO. The molecule has 0 radical (unpaired) electrons. The van der Waals surface area contributed by atoms with Crippen LogP contribution in [0, 0.1) is 5.41 Å². The second-order valence-corrected chi connectivity index (χ2v) is 4.04. The molecule has 0 aromatic carbocycles. The molecule has 12 heavy (non-hydrogen) atoms. The van der Waals surface area contributed by atoms with E-state index in [1.807, 2.05) is 0 Å². The topological polar surface area (TPSA) is 35.2 Å². The summed E-state index contributed by atoms with van der Waals surface area (Å²) in [6.07, 6.45) is 2.53. The lowest BCUT2D eigenvalue weighted by molar-refractivity contribution is 0.0548. The molecule has 0 saturated carbocycles. The van der Waals surface area contributed by atoms with Crippen molar-refractivity contribution >= 4 is 0 Å². The van der Waals surface area contributed by atoms with Crippen molar-refractivity contribution in [3.63, 3.8) is 0 Å². The third kappa shape index (κ3) is 4.73. The predicted molar refractivity (Wildman–Crippen MR) is 53.2 cm³/mol. The van der Waals surface area contributed by atoms with Crippen molar-refractivity contribution in [2.45, 2.75) is 46.6 Å². The summed E-state index contributed by atoms with van der Waals surface area (Å²) in [4.78, 5) is 0. The molecule has 0 spiro atoms. The van der Waals surface area contributed by atoms with Crippen LogP contribution in [0.5, 0.6) is 0 Å². The molecule has 1 atom stereocenters. The minimum Gasteiger partial charge on any atom is -0.379 e. The first-order valence-corrected chi connectivity index (χ1v) is 4.86. The first-order valence-electron chi connectivity index (χ1n) is 4.86. The molecule has 0 fully saturated rings. The second kappa shape index (κ2) is 5.55. The Hall–Kier alpha value is -0.0800. The van der Waals surface area contributed by atoms with E-state index in [1.165, 1.54) is 0 Å². The van der Waals surface area contributed by atoms with Crippen LogP contribution in [0.3, 0.4) is 0 Å². The van der Waals surface area contributed by atoms with Gasteiger partial charge in [-0.05, 0) is 38.6 Å². The molecule has 1 unspecified atom stereocenters. The van der Waals surface area contributed by atoms with Crippen LogP contribution in [-0.2, 0) is 4.74 Å². The van der Waals surface area contributed by atoms with Crippen molar-refractivity contribution in [3.05, 3.63) is 0 Å². The van der Waals surface area contributed by atoms with Gasteiger partial charge in [0.05, 0.1) is 6.10 Å². The average molecular weight is 173 g/mol. The van der Waals surface area contributed by atoms with Gasteiger partial charge in [0.2, 0.25) is 0 Å². The smallest absolute Gasteiger partial charge is 0.0518 e. The minimum absolute atomic E-state index is 0.273. The summed E-state index contributed by atoms with van der Waals surface area (Å²) in [6.45, 7) is 10.1. The number of rotatable bonds is 6. The Balaban J connectivity index is 3.58. The Bertz CT molecular complexity index is 108. The van der Waals surface area contributed by atoms with Crippen LogP contribution in [0.2, 0.25) is 0 Å². The quantitative estimate of drug-likeness (QED) is 0.668. The maximum absolute atomic E-state index is 5.68. The van der Waals surface area contributed by atoms with Crippen LogP contribution in [0.15, 0.2) is 0 Å². The van der Waals surface area contributed by atoms with E-state index in [0.717, 1.165) is 26.0 Å². The van der Waals surface area contributed by atoms with Gasteiger partial charge in [-0.25, -0.2) is 0 Å². The Morgan fingerprint density at radius 1 is 1.42 bits per heavy atom. The molecule has 0 aliphatic rings. The van der Waals surface area contributed by atoms with Crippen LogP contribution in [0.1, 0.15) is 40.5 Å². The van der Waals surface area contributed by atoms with Crippen LogP contribution >= 0.6 is 0 Å². The number of hydrogen-bond acceptors (Lipinski definition) is 2. The van der Waals surface area contributed by atoms with E-state index >= 15 is 0 Å². The van der Waals surface area contributed by atoms with Gasteiger partial charge < -0.3 is 10.5 Å². The third-order valence-electron chi connectivity index (χ3n) is 2.50. The standard InChI is InChI=1S/C10H23NO/c1-5-10(4,8-11)6-7-12-9(2)3/h9H,5-8,11H2,1-4H3. The molecule has 2 nitrogen and oxygen atoms in total. The lowest BCUT2D eigenvalue weighted by Gasteiger charge is -2.26. The van der Waals surface area contributed by atoms with Crippen molar-refractivity contribution < 1.29 is 4.74 Å². The second-order valence-electron chi connectivity index (χ2n) is 4.04. The molecule has 0 heterocycles. The zero-order chi connectivity index (χ0) is 9.61. The van der Waals surface area contributed by atoms with E-state index in [0.29, 0.717) is 6.10 Å². The van der Waals surface area contributed by atoms with Gasteiger partial charge in [0.25, 0.3) is 0 Å². The minimum atomic E-state index is 0.273. The molecule has 0 aliphatic carbocycles. The Labute approximate surface area is 76.5 Å². The number of hydrogen-bond donors (Lipinski definition) is 1. The summed E-state index contributed by atoms with van der Waals surface area (Å²) in [7, 11) is 0. The molecule has 0 amide bonds. The Kier molecular flexibility index (Phi) is 5.51. The lowest BCUT2D eigenvalue weighted by Crippen LogP contribution is -2.28. The summed E-state index contributed by atoms with van der Waals surface area (Å²) in [5, 5.41) is 0. The molecule has 0 aliphatic heterocycles. The van der Waals surface area contributed by atoms with E-state index in [1.54, 1.807) is 0 Å². The molecule has 0 bridgehead atoms. The highest BCUT2D eigenvalue weighted by Gasteiger charge is 2.19. The maximum Gasteiger partial charge on any atom is 0.0518 e. The van der Waals surface area contributed by atoms with Gasteiger partial charge in [-0.1, -0.05) is 13.8 Å². The van der Waals surface area contributed by atoms with E-state index in [-0.39, 0.29) is 5.41 Å². The zero-order valence-corrected chi connectivity index (χ0v) is 8.89. The van der Waals surface area contributed by atoms with Crippen molar-refractivity contribution in [2.75, 3.05) is 13.2 Å². The Morgan fingerprint density at radius 2 is 2.00 bits per heavy atom. The summed E-state index contributed by atoms with van der Waals surface area (Å²) in [6, 6.07) is 0. The number of nitrogens with two attached hydrogens (primary N) is 1. The number of ether oxygens (including phenoxy) is 1. The van der Waals surface area contributed by atoms with Crippen molar-refractivity contribution in [2.24, 2.45) is 11.1 Å². The van der Waals surface area contributed by atoms with Gasteiger partial charge in [0.1, 0.15) is 0 Å². The van der Waals surface area contributed by atoms with Gasteiger partial charge in [-0.3, -0.25) is 0 Å². The highest BCUT2D eigenvalue weighted by Crippen LogP contribution is 2.23. The normalized spacial score (nSPS) is 16.5. The maximum atomic E-state index is 5.68. The molecule has 74 valence electrons. The molecule has 0 rings (SSSR count). The van der Waals surface area contributed by atoms with Crippen molar-refractivity contribution in [1.82, 2.24) is 0 Å². The van der Waals surface area contributed by atoms with Crippen molar-refractivity contribution in [1.29, 1.82) is 0 Å². The molecule has 0 aromatic heterocycles. The fourth-order valence-electron chi connectivity index (χ4n) is 0.964. The summed E-state index contributed by atoms with van der Waals surface area (Å²) >= 11 is 0. The summed E-state index contributed by atoms with van der Waals surface area (Å²) < 4.78 is 5.49. The summed E-state index contributed by atoms with van der Waals surface area (Å²) in [5.74, 6) is 0. The van der Waals surface area contributed by atoms with Gasteiger partial charge in [0.15, 0.2) is 0 Å². The molecule has 2 heteroatoms. The van der Waals surface area contributed by atoms with E-state index in [4.69, 9.17) is 10.5 Å². The first kappa shape index (κ1) is 11.9. The van der Waals surface area contributed by atoms with Gasteiger partial charge in [0, 0.05) is 6.61 Å². The lowest BCUT2D eigenvalue weighted by atomic mass is 9.84. The van der Waals surface area contributed by atoms with Crippen LogP contribution in [0.25, 0.3) is 0 Å². The van der Waals surface area contributed by atoms with Crippen LogP contribution in [0.4, 0.5) is 0 Å². The fourth-order valence-corrected chi connectivity index (χ4v) is 0.964. The molecule has 0 aromatic rings. The van der Waals surface area contributed by atoms with E-state index in [2.05, 4.69) is 27.7 Å². The van der Waals surface area contributed by atoms with Gasteiger partial charge in [-0.2, -0.15) is 0 Å². The largest absolute Gasteiger partial charge is 0.379 e. The third-order valence-corrected chi connectivity index (χ3v) is 2.50. The van der Waals surface area contributed by atoms with Crippen LogP contribution in [-0.4, -0.2) is 19.3 Å². The predicted octanol–water partition coefficient (Wildman–Crippen LogP) is 2.18. The van der Waals surface area contributed by atoms with Gasteiger partial charge >= 0.3 is 0 Å². The first-order chi connectivity index (χ1) is 5.54. The summed E-state index contributed by atoms with van der Waals surface area (Å²) in [5.41, 5.74) is 5.95. The van der Waals surface area contributed by atoms with Crippen molar-refractivity contribution in [3.8, 4) is 0 Å². The van der Waals surface area contributed by atoms with E-state index in [9.17, 15) is 0 Å². The van der Waals surface area contributed by atoms with Gasteiger partial charge in [-0.15, -0.1) is 0 Å². The highest BCUT2D eigenvalue weighted by atomic mass is 16.5. The molecular weight excluding hydrogens is 150 g/mol. The highest BCUT2D eigenvalue weighted by molar-refractivity contribution is 4.72.